The van der Waals surface area contributed by atoms with Crippen molar-refractivity contribution in [3.8, 4) is 0 Å². The summed E-state index contributed by atoms with van der Waals surface area (Å²) >= 11 is 0. The molecule has 0 unspecified atom stereocenters. The Kier molecular flexibility index (Phi) is 4.64. The van der Waals surface area contributed by atoms with Crippen LogP contribution in [0, 0.1) is 12.3 Å². The van der Waals surface area contributed by atoms with E-state index < -0.39 is 0 Å². The maximum atomic E-state index is 13.3. The number of aromatic nitrogens is 2. The molecule has 2 aromatic rings. The lowest BCUT2D eigenvalue weighted by Gasteiger charge is -2.46. The predicted molar refractivity (Wildman–Crippen MR) is 102 cm³/mol. The highest BCUT2D eigenvalue weighted by atomic mass is 16.2. The summed E-state index contributed by atoms with van der Waals surface area (Å²) in [4.78, 5) is 38.2. The maximum Gasteiger partial charge on any atom is 0.274 e. The molecule has 3 heterocycles. The van der Waals surface area contributed by atoms with Crippen LogP contribution in [0.15, 0.2) is 42.7 Å². The average Bonchev–Trinajstić information content (AvgIpc) is 2.71. The Morgan fingerprint density at radius 2 is 1.70 bits per heavy atom. The van der Waals surface area contributed by atoms with Gasteiger partial charge in [0.05, 0.1) is 11.1 Å². The van der Waals surface area contributed by atoms with Crippen LogP contribution in [0.25, 0.3) is 0 Å². The zero-order valence-electron chi connectivity index (χ0n) is 15.6. The molecule has 0 N–H and O–H groups in total. The molecule has 2 amide bonds. The van der Waals surface area contributed by atoms with Gasteiger partial charge >= 0.3 is 0 Å². The fourth-order valence-corrected chi connectivity index (χ4v) is 4.29. The van der Waals surface area contributed by atoms with E-state index in [0.29, 0.717) is 37.3 Å². The standard InChI is InChI=1S/C21H24N4O2/c1-16-18(23-12-11-22-16)19(26)24-14-9-21(10-15-24)8-5-13-25(20(21)27)17-6-3-2-4-7-17/h2-4,6-7,11-12H,5,8-10,13-15H2,1H3. The van der Waals surface area contributed by atoms with Crippen molar-refractivity contribution in [1.82, 2.24) is 14.9 Å². The van der Waals surface area contributed by atoms with Crippen molar-refractivity contribution in [2.24, 2.45) is 5.41 Å². The summed E-state index contributed by atoms with van der Waals surface area (Å²) in [6, 6.07) is 9.88. The third-order valence-electron chi connectivity index (χ3n) is 5.90. The van der Waals surface area contributed by atoms with Crippen molar-refractivity contribution in [2.75, 3.05) is 24.5 Å². The van der Waals surface area contributed by atoms with E-state index in [1.165, 1.54) is 0 Å². The lowest BCUT2D eigenvalue weighted by Crippen LogP contribution is -2.54. The van der Waals surface area contributed by atoms with Gasteiger partial charge in [-0.15, -0.1) is 0 Å². The zero-order valence-corrected chi connectivity index (χ0v) is 15.6. The van der Waals surface area contributed by atoms with E-state index in [-0.39, 0.29) is 17.2 Å². The molecule has 6 nitrogen and oxygen atoms in total. The SMILES string of the molecule is Cc1nccnc1C(=O)N1CCC2(CCCN(c3ccccc3)C2=O)CC1. The van der Waals surface area contributed by atoms with Crippen LogP contribution in [-0.2, 0) is 4.79 Å². The minimum atomic E-state index is -0.345. The third kappa shape index (κ3) is 3.20. The summed E-state index contributed by atoms with van der Waals surface area (Å²) in [5, 5.41) is 0. The Morgan fingerprint density at radius 1 is 1.00 bits per heavy atom. The smallest absolute Gasteiger partial charge is 0.274 e. The number of carbonyl (C=O) groups excluding carboxylic acids is 2. The van der Waals surface area contributed by atoms with Crippen molar-refractivity contribution >= 4 is 17.5 Å². The summed E-state index contributed by atoms with van der Waals surface area (Å²) < 4.78 is 0. The number of hydrogen-bond acceptors (Lipinski definition) is 4. The van der Waals surface area contributed by atoms with E-state index in [1.54, 1.807) is 19.3 Å². The van der Waals surface area contributed by atoms with E-state index in [1.807, 2.05) is 40.1 Å². The first kappa shape index (κ1) is 17.6. The summed E-state index contributed by atoms with van der Waals surface area (Å²) in [6.07, 6.45) is 6.46. The number of amides is 2. The Balaban J connectivity index is 1.48. The number of nitrogens with zero attached hydrogens (tertiary/aromatic N) is 4. The second kappa shape index (κ2) is 7.10. The van der Waals surface area contributed by atoms with Gasteiger partial charge in [0.25, 0.3) is 5.91 Å². The van der Waals surface area contributed by atoms with Crippen LogP contribution in [0.1, 0.15) is 41.9 Å². The molecular weight excluding hydrogens is 340 g/mol. The highest BCUT2D eigenvalue weighted by Gasteiger charge is 2.46. The number of likely N-dealkylation sites (tertiary alicyclic amines) is 1. The second-order valence-electron chi connectivity index (χ2n) is 7.46. The number of benzene rings is 1. The van der Waals surface area contributed by atoms with Gasteiger partial charge in [-0.25, -0.2) is 4.98 Å². The monoisotopic (exact) mass is 364 g/mol. The van der Waals surface area contributed by atoms with Crippen molar-refractivity contribution < 1.29 is 9.59 Å². The molecule has 2 aliphatic heterocycles. The lowest BCUT2D eigenvalue weighted by molar-refractivity contribution is -0.133. The molecule has 2 fully saturated rings. The lowest BCUT2D eigenvalue weighted by atomic mass is 9.71. The Labute approximate surface area is 159 Å². The minimum Gasteiger partial charge on any atom is -0.337 e. The number of carbonyl (C=O) groups is 2. The summed E-state index contributed by atoms with van der Waals surface area (Å²) in [5.41, 5.74) is 1.68. The van der Waals surface area contributed by atoms with Crippen molar-refractivity contribution in [2.45, 2.75) is 32.6 Å². The summed E-state index contributed by atoms with van der Waals surface area (Å²) in [7, 11) is 0. The number of piperidine rings is 2. The van der Waals surface area contributed by atoms with Crippen molar-refractivity contribution in [3.63, 3.8) is 0 Å². The van der Waals surface area contributed by atoms with Crippen molar-refractivity contribution in [3.05, 3.63) is 54.1 Å². The second-order valence-corrected chi connectivity index (χ2v) is 7.46. The van der Waals surface area contributed by atoms with Crippen LogP contribution in [0.2, 0.25) is 0 Å². The first-order valence-corrected chi connectivity index (χ1v) is 9.55. The van der Waals surface area contributed by atoms with Gasteiger partial charge in [-0.1, -0.05) is 18.2 Å². The van der Waals surface area contributed by atoms with Crippen LogP contribution in [0.4, 0.5) is 5.69 Å². The van der Waals surface area contributed by atoms with Gasteiger partial charge in [0.1, 0.15) is 5.69 Å². The van der Waals surface area contributed by atoms with Gasteiger partial charge in [-0.2, -0.15) is 0 Å². The fraction of sp³-hybridized carbons (Fsp3) is 0.429. The van der Waals surface area contributed by atoms with E-state index in [4.69, 9.17) is 0 Å². The zero-order chi connectivity index (χ0) is 18.9. The van der Waals surface area contributed by atoms with Gasteiger partial charge in [0, 0.05) is 37.7 Å². The quantitative estimate of drug-likeness (QED) is 0.822. The average molecular weight is 364 g/mol. The molecule has 0 atom stereocenters. The molecule has 140 valence electrons. The highest BCUT2D eigenvalue weighted by Crippen LogP contribution is 2.42. The van der Waals surface area contributed by atoms with E-state index in [0.717, 1.165) is 25.1 Å². The molecule has 4 rings (SSSR count). The molecule has 0 bridgehead atoms. The van der Waals surface area contributed by atoms with E-state index >= 15 is 0 Å². The molecule has 0 aliphatic carbocycles. The molecule has 27 heavy (non-hydrogen) atoms. The minimum absolute atomic E-state index is 0.0846. The first-order chi connectivity index (χ1) is 13.1. The normalized spacial score (nSPS) is 19.4. The molecule has 1 spiro atoms. The third-order valence-corrected chi connectivity index (χ3v) is 5.90. The number of para-hydroxylation sites is 1. The predicted octanol–water partition coefficient (Wildman–Crippen LogP) is 2.83. The van der Waals surface area contributed by atoms with Gasteiger partial charge in [0.2, 0.25) is 5.91 Å². The number of anilines is 1. The van der Waals surface area contributed by atoms with Crippen LogP contribution < -0.4 is 4.90 Å². The van der Waals surface area contributed by atoms with Crippen LogP contribution >= 0.6 is 0 Å². The van der Waals surface area contributed by atoms with Gasteiger partial charge in [-0.05, 0) is 44.7 Å². The van der Waals surface area contributed by atoms with E-state index in [9.17, 15) is 9.59 Å². The first-order valence-electron chi connectivity index (χ1n) is 9.55. The molecule has 1 aromatic carbocycles. The molecule has 1 aromatic heterocycles. The molecule has 2 aliphatic rings. The Morgan fingerprint density at radius 3 is 2.41 bits per heavy atom. The number of hydrogen-bond donors (Lipinski definition) is 0. The van der Waals surface area contributed by atoms with Crippen molar-refractivity contribution in [1.29, 1.82) is 0 Å². The van der Waals surface area contributed by atoms with Gasteiger partial charge in [-0.3, -0.25) is 14.6 Å². The topological polar surface area (TPSA) is 66.4 Å². The molecule has 2 saturated heterocycles. The largest absolute Gasteiger partial charge is 0.337 e. The van der Waals surface area contributed by atoms with Crippen LogP contribution in [-0.4, -0.2) is 46.3 Å². The summed E-state index contributed by atoms with van der Waals surface area (Å²) in [5.74, 6) is 0.126. The Bertz CT molecular complexity index is 844. The molecule has 6 heteroatoms. The molecule has 0 radical (unpaired) electrons. The summed E-state index contributed by atoms with van der Waals surface area (Å²) in [6.45, 7) is 3.74. The molecule has 0 saturated carbocycles. The van der Waals surface area contributed by atoms with Gasteiger partial charge < -0.3 is 9.80 Å². The Hall–Kier alpha value is -2.76. The van der Waals surface area contributed by atoms with Gasteiger partial charge in [0.15, 0.2) is 0 Å². The highest BCUT2D eigenvalue weighted by molar-refractivity contribution is 5.99. The fourth-order valence-electron chi connectivity index (χ4n) is 4.29. The van der Waals surface area contributed by atoms with Crippen LogP contribution in [0.5, 0.6) is 0 Å². The number of aryl methyl sites for hydroxylation is 1. The van der Waals surface area contributed by atoms with E-state index in [2.05, 4.69) is 9.97 Å². The number of rotatable bonds is 2. The van der Waals surface area contributed by atoms with Crippen LogP contribution in [0.3, 0.4) is 0 Å². The maximum absolute atomic E-state index is 13.3. The molecular formula is C21H24N4O2.